The summed E-state index contributed by atoms with van der Waals surface area (Å²) in [5.74, 6) is -1.95. The van der Waals surface area contributed by atoms with Gasteiger partial charge in [0.05, 0.1) is 6.26 Å². The minimum absolute atomic E-state index is 0.185. The number of aliphatic carboxylic acids is 1. The van der Waals surface area contributed by atoms with Crippen LogP contribution in [0.25, 0.3) is 11.5 Å². The van der Waals surface area contributed by atoms with Gasteiger partial charge in [-0.1, -0.05) is 5.16 Å². The van der Waals surface area contributed by atoms with E-state index < -0.39 is 12.1 Å². The Labute approximate surface area is 162 Å². The van der Waals surface area contributed by atoms with Gasteiger partial charge in [0.15, 0.2) is 11.5 Å². The first-order valence-corrected chi connectivity index (χ1v) is 8.13. The van der Waals surface area contributed by atoms with Crippen molar-refractivity contribution in [1.29, 1.82) is 0 Å². The Morgan fingerprint density at radius 1 is 1.17 bits per heavy atom. The Morgan fingerprint density at radius 3 is 2.38 bits per heavy atom. The highest BCUT2D eigenvalue weighted by molar-refractivity contribution is 5.92. The SMILES string of the molecule is CN(CCc1ccncc1)C(=O)c1cc(-c2ccco2)on1.O=C(O)C(F)(F)F. The van der Waals surface area contributed by atoms with Gasteiger partial charge in [0, 0.05) is 32.1 Å². The molecule has 0 spiro atoms. The minimum atomic E-state index is -5.08. The van der Waals surface area contributed by atoms with Crippen molar-refractivity contribution in [1.82, 2.24) is 15.0 Å². The lowest BCUT2D eigenvalue weighted by Crippen LogP contribution is -2.29. The number of halogens is 3. The van der Waals surface area contributed by atoms with Crippen LogP contribution in [0.1, 0.15) is 16.1 Å². The Kier molecular flexibility index (Phi) is 7.12. The van der Waals surface area contributed by atoms with E-state index in [4.69, 9.17) is 18.8 Å². The lowest BCUT2D eigenvalue weighted by molar-refractivity contribution is -0.192. The van der Waals surface area contributed by atoms with Crippen LogP contribution in [0.5, 0.6) is 0 Å². The summed E-state index contributed by atoms with van der Waals surface area (Å²) in [5.41, 5.74) is 1.40. The highest BCUT2D eigenvalue weighted by Gasteiger charge is 2.38. The zero-order valence-corrected chi connectivity index (χ0v) is 15.1. The van der Waals surface area contributed by atoms with Crippen molar-refractivity contribution >= 4 is 11.9 Å². The molecule has 1 N–H and O–H groups in total. The van der Waals surface area contributed by atoms with Crippen LogP contribution >= 0.6 is 0 Å². The van der Waals surface area contributed by atoms with E-state index >= 15 is 0 Å². The van der Waals surface area contributed by atoms with Gasteiger partial charge in [-0.3, -0.25) is 9.78 Å². The van der Waals surface area contributed by atoms with E-state index in [9.17, 15) is 18.0 Å². The molecule has 0 aliphatic carbocycles. The number of nitrogens with zero attached hydrogens (tertiary/aromatic N) is 3. The van der Waals surface area contributed by atoms with E-state index in [1.54, 1.807) is 48.8 Å². The second kappa shape index (κ2) is 9.53. The third-order valence-corrected chi connectivity index (χ3v) is 3.57. The van der Waals surface area contributed by atoms with Crippen molar-refractivity contribution in [2.24, 2.45) is 0 Å². The molecule has 0 aliphatic heterocycles. The first-order valence-electron chi connectivity index (χ1n) is 8.13. The van der Waals surface area contributed by atoms with Gasteiger partial charge < -0.3 is 18.9 Å². The van der Waals surface area contributed by atoms with E-state index in [0.29, 0.717) is 18.1 Å². The predicted molar refractivity (Wildman–Crippen MR) is 92.8 cm³/mol. The van der Waals surface area contributed by atoms with Crippen LogP contribution in [0.4, 0.5) is 13.2 Å². The van der Waals surface area contributed by atoms with Crippen LogP contribution in [-0.4, -0.2) is 51.8 Å². The summed E-state index contributed by atoms with van der Waals surface area (Å²) in [5, 5.41) is 10.9. The molecule has 0 saturated heterocycles. The molecular weight excluding hydrogens is 395 g/mol. The first-order chi connectivity index (χ1) is 13.7. The van der Waals surface area contributed by atoms with Crippen LogP contribution in [-0.2, 0) is 11.2 Å². The maximum Gasteiger partial charge on any atom is 0.490 e. The second-order valence-corrected chi connectivity index (χ2v) is 5.69. The van der Waals surface area contributed by atoms with Crippen molar-refractivity contribution in [3.05, 3.63) is 60.2 Å². The van der Waals surface area contributed by atoms with E-state index in [0.717, 1.165) is 12.0 Å². The van der Waals surface area contributed by atoms with Gasteiger partial charge >= 0.3 is 12.1 Å². The molecule has 154 valence electrons. The molecule has 0 unspecified atom stereocenters. The first kappa shape index (κ1) is 21.7. The number of aromatic nitrogens is 2. The Morgan fingerprint density at radius 2 is 1.83 bits per heavy atom. The molecule has 0 fully saturated rings. The number of furan rings is 1. The summed E-state index contributed by atoms with van der Waals surface area (Å²) < 4.78 is 42.1. The maximum atomic E-state index is 12.3. The van der Waals surface area contributed by atoms with Gasteiger partial charge in [0.25, 0.3) is 5.91 Å². The van der Waals surface area contributed by atoms with Gasteiger partial charge in [-0.25, -0.2) is 4.79 Å². The maximum absolute atomic E-state index is 12.3. The molecule has 0 radical (unpaired) electrons. The average Bonchev–Trinajstić information content (AvgIpc) is 3.37. The number of amides is 1. The van der Waals surface area contributed by atoms with Gasteiger partial charge in [0.2, 0.25) is 5.76 Å². The molecule has 3 rings (SSSR count). The molecular formula is C18H16F3N3O5. The molecule has 3 aromatic heterocycles. The fraction of sp³-hybridized carbons (Fsp3) is 0.222. The highest BCUT2D eigenvalue weighted by atomic mass is 19.4. The third-order valence-electron chi connectivity index (χ3n) is 3.57. The number of pyridine rings is 1. The smallest absolute Gasteiger partial charge is 0.475 e. The number of hydrogen-bond donors (Lipinski definition) is 1. The Hall–Kier alpha value is -3.63. The van der Waals surface area contributed by atoms with Crippen LogP contribution < -0.4 is 0 Å². The van der Waals surface area contributed by atoms with Crippen LogP contribution in [0, 0.1) is 0 Å². The molecule has 11 heteroatoms. The van der Waals surface area contributed by atoms with Gasteiger partial charge in [-0.2, -0.15) is 13.2 Å². The van der Waals surface area contributed by atoms with Gasteiger partial charge in [0.1, 0.15) is 0 Å². The number of carboxylic acids is 1. The molecule has 0 aromatic carbocycles. The zero-order chi connectivity index (χ0) is 21.4. The lowest BCUT2D eigenvalue weighted by atomic mass is 10.2. The average molecular weight is 411 g/mol. The highest BCUT2D eigenvalue weighted by Crippen LogP contribution is 2.21. The summed E-state index contributed by atoms with van der Waals surface area (Å²) in [7, 11) is 1.74. The fourth-order valence-corrected chi connectivity index (χ4v) is 2.05. The van der Waals surface area contributed by atoms with Gasteiger partial charge in [-0.05, 0) is 36.2 Å². The molecule has 0 aliphatic rings. The predicted octanol–water partition coefficient (Wildman–Crippen LogP) is 3.28. The minimum Gasteiger partial charge on any atom is -0.475 e. The summed E-state index contributed by atoms with van der Waals surface area (Å²) in [6, 6.07) is 8.96. The number of carbonyl (C=O) groups excluding carboxylic acids is 1. The number of hydrogen-bond acceptors (Lipinski definition) is 6. The molecule has 8 nitrogen and oxygen atoms in total. The molecule has 0 bridgehead atoms. The van der Waals surface area contributed by atoms with Crippen LogP contribution in [0.2, 0.25) is 0 Å². The normalized spacial score (nSPS) is 10.8. The largest absolute Gasteiger partial charge is 0.490 e. The second-order valence-electron chi connectivity index (χ2n) is 5.69. The Bertz CT molecular complexity index is 924. The molecule has 3 heterocycles. The monoisotopic (exact) mass is 411 g/mol. The number of carboxylic acid groups (broad SMARTS) is 1. The van der Waals surface area contributed by atoms with Crippen molar-refractivity contribution in [2.45, 2.75) is 12.6 Å². The standard InChI is InChI=1S/C16H15N3O3.C2HF3O2/c1-19(9-6-12-4-7-17-8-5-12)16(20)13-11-15(22-18-13)14-3-2-10-21-14;3-2(4,5)1(6)7/h2-5,7-8,10-11H,6,9H2,1H3;(H,6,7). The number of carbonyl (C=O) groups is 2. The quantitative estimate of drug-likeness (QED) is 0.686. The van der Waals surface area contributed by atoms with Crippen molar-refractivity contribution in [3.8, 4) is 11.5 Å². The third kappa shape index (κ3) is 6.48. The zero-order valence-electron chi connectivity index (χ0n) is 15.1. The fourth-order valence-electron chi connectivity index (χ4n) is 2.05. The van der Waals surface area contributed by atoms with Crippen molar-refractivity contribution in [2.75, 3.05) is 13.6 Å². The molecule has 1 amide bonds. The summed E-state index contributed by atoms with van der Waals surface area (Å²) in [6.45, 7) is 0.589. The number of likely N-dealkylation sites (N-methyl/N-ethyl adjacent to an activating group) is 1. The van der Waals surface area contributed by atoms with E-state index in [1.807, 2.05) is 12.1 Å². The van der Waals surface area contributed by atoms with E-state index in [1.165, 1.54) is 0 Å². The number of alkyl halides is 3. The lowest BCUT2D eigenvalue weighted by Gasteiger charge is -2.15. The number of rotatable bonds is 5. The van der Waals surface area contributed by atoms with Crippen molar-refractivity contribution < 1.29 is 36.8 Å². The van der Waals surface area contributed by atoms with Crippen molar-refractivity contribution in [3.63, 3.8) is 0 Å². The molecule has 0 atom stereocenters. The van der Waals surface area contributed by atoms with Crippen LogP contribution in [0.3, 0.4) is 0 Å². The van der Waals surface area contributed by atoms with Gasteiger partial charge in [-0.15, -0.1) is 0 Å². The topological polar surface area (TPSA) is 110 Å². The summed E-state index contributed by atoms with van der Waals surface area (Å²) in [6.07, 6.45) is 0.697. The molecule has 29 heavy (non-hydrogen) atoms. The van der Waals surface area contributed by atoms with E-state index in [-0.39, 0.29) is 11.6 Å². The van der Waals surface area contributed by atoms with E-state index in [2.05, 4.69) is 10.1 Å². The van der Waals surface area contributed by atoms with Crippen LogP contribution in [0.15, 0.2) is 57.9 Å². The summed E-state index contributed by atoms with van der Waals surface area (Å²) in [4.78, 5) is 26.8. The molecule has 3 aromatic rings. The summed E-state index contributed by atoms with van der Waals surface area (Å²) >= 11 is 0. The molecule has 0 saturated carbocycles. The Balaban J connectivity index is 0.000000370.